The number of phenolic OH excluding ortho intramolecular Hbond substituents is 1. The van der Waals surface area contributed by atoms with Crippen LogP contribution in [-0.4, -0.2) is 39.5 Å². The van der Waals surface area contributed by atoms with E-state index in [4.69, 9.17) is 10.8 Å². The summed E-state index contributed by atoms with van der Waals surface area (Å²) in [5.74, 6) is 0.239. The Labute approximate surface area is 174 Å². The van der Waals surface area contributed by atoms with E-state index in [0.717, 1.165) is 30.8 Å². The Balaban J connectivity index is 1.64. The first-order chi connectivity index (χ1) is 14.4. The molecule has 0 bridgehead atoms. The number of hydrogen-bond acceptors (Lipinski definition) is 6. The lowest BCUT2D eigenvalue weighted by Gasteiger charge is -2.38. The minimum atomic E-state index is -0.924. The third kappa shape index (κ3) is 3.91. The zero-order valence-corrected chi connectivity index (χ0v) is 16.7. The Hall–Kier alpha value is -3.61. The molecular formula is C23H24N4O3. The van der Waals surface area contributed by atoms with Crippen molar-refractivity contribution in [1.82, 2.24) is 10.2 Å². The molecular weight excluding hydrogens is 380 g/mol. The number of phenols is 1. The number of piperidine rings is 1. The van der Waals surface area contributed by atoms with Gasteiger partial charge >= 0.3 is 5.97 Å². The van der Waals surface area contributed by atoms with Gasteiger partial charge in [0.1, 0.15) is 5.75 Å². The summed E-state index contributed by atoms with van der Waals surface area (Å²) < 4.78 is 0. The van der Waals surface area contributed by atoms with E-state index >= 15 is 0 Å². The van der Waals surface area contributed by atoms with Gasteiger partial charge in [0, 0.05) is 24.6 Å². The molecule has 4 N–H and O–H groups in total. The smallest absolute Gasteiger partial charge is 0.335 e. The summed E-state index contributed by atoms with van der Waals surface area (Å²) in [5.41, 5.74) is 9.54. The van der Waals surface area contributed by atoms with Crippen LogP contribution in [0.5, 0.6) is 5.75 Å². The van der Waals surface area contributed by atoms with E-state index in [9.17, 15) is 9.90 Å². The number of aromatic hydroxyl groups is 1. The van der Waals surface area contributed by atoms with Gasteiger partial charge < -0.3 is 20.8 Å². The van der Waals surface area contributed by atoms with E-state index in [-0.39, 0.29) is 17.2 Å². The molecule has 0 spiro atoms. The molecule has 154 valence electrons. The van der Waals surface area contributed by atoms with Crippen molar-refractivity contribution in [3.8, 4) is 17.0 Å². The summed E-state index contributed by atoms with van der Waals surface area (Å²) in [7, 11) is 0. The van der Waals surface area contributed by atoms with E-state index in [1.165, 1.54) is 0 Å². The largest absolute Gasteiger partial charge is 0.507 e. The lowest BCUT2D eigenvalue weighted by molar-refractivity contribution is 0.0697. The van der Waals surface area contributed by atoms with Crippen molar-refractivity contribution >= 4 is 17.5 Å². The van der Waals surface area contributed by atoms with Crippen molar-refractivity contribution in [3.63, 3.8) is 0 Å². The molecule has 2 aromatic carbocycles. The molecule has 2 heterocycles. The number of nitrogens with two attached hydrogens (primary N) is 1. The summed E-state index contributed by atoms with van der Waals surface area (Å²) in [6.45, 7) is 3.77. The zero-order chi connectivity index (χ0) is 21.3. The molecule has 30 heavy (non-hydrogen) atoms. The zero-order valence-electron chi connectivity index (χ0n) is 16.7. The van der Waals surface area contributed by atoms with Gasteiger partial charge in [-0.2, -0.15) is 0 Å². The maximum Gasteiger partial charge on any atom is 0.335 e. The number of carboxylic acids is 1. The highest BCUT2D eigenvalue weighted by Gasteiger charge is 2.28. The summed E-state index contributed by atoms with van der Waals surface area (Å²) in [4.78, 5) is 13.3. The Morgan fingerprint density at radius 3 is 2.53 bits per heavy atom. The van der Waals surface area contributed by atoms with Crippen LogP contribution in [0, 0.1) is 5.92 Å². The number of aromatic nitrogens is 2. The minimum Gasteiger partial charge on any atom is -0.507 e. The molecule has 0 saturated carbocycles. The number of carboxylic acid groups (broad SMARTS) is 1. The summed E-state index contributed by atoms with van der Waals surface area (Å²) in [6.07, 6.45) is 1.01. The summed E-state index contributed by atoms with van der Waals surface area (Å²) in [6, 6.07) is 16.0. The van der Waals surface area contributed by atoms with Crippen molar-refractivity contribution in [2.45, 2.75) is 19.3 Å². The van der Waals surface area contributed by atoms with Crippen molar-refractivity contribution < 1.29 is 15.0 Å². The average Bonchev–Trinajstić information content (AvgIpc) is 2.74. The normalized spacial score (nSPS) is 18.9. The number of carbonyl (C=O) groups is 1. The number of nitrogen functional groups attached to an aromatic ring is 1. The van der Waals surface area contributed by atoms with Crippen LogP contribution in [0.2, 0.25) is 0 Å². The average molecular weight is 404 g/mol. The Kier molecular flexibility index (Phi) is 5.27. The van der Waals surface area contributed by atoms with Gasteiger partial charge in [0.25, 0.3) is 0 Å². The maximum absolute atomic E-state index is 11.1. The fourth-order valence-corrected chi connectivity index (χ4v) is 4.15. The monoisotopic (exact) mass is 404 g/mol. The van der Waals surface area contributed by atoms with Crippen LogP contribution >= 0.6 is 0 Å². The third-order valence-corrected chi connectivity index (χ3v) is 5.61. The van der Waals surface area contributed by atoms with Gasteiger partial charge in [0.2, 0.25) is 0 Å². The number of nitrogens with zero attached hydrogens (tertiary/aromatic N) is 3. The lowest BCUT2D eigenvalue weighted by atomic mass is 9.85. The van der Waals surface area contributed by atoms with Gasteiger partial charge in [-0.25, -0.2) is 4.79 Å². The van der Waals surface area contributed by atoms with E-state index in [2.05, 4.69) is 22.0 Å². The molecule has 7 heteroatoms. The van der Waals surface area contributed by atoms with E-state index in [0.29, 0.717) is 23.0 Å². The fourth-order valence-electron chi connectivity index (χ4n) is 4.15. The number of rotatable bonds is 4. The molecule has 1 aliphatic rings. The topological polar surface area (TPSA) is 113 Å². The van der Waals surface area contributed by atoms with Gasteiger partial charge in [0.15, 0.2) is 5.82 Å². The van der Waals surface area contributed by atoms with Gasteiger partial charge in [-0.05, 0) is 48.2 Å². The lowest BCUT2D eigenvalue weighted by Crippen LogP contribution is -2.39. The molecule has 2 unspecified atom stereocenters. The molecule has 7 nitrogen and oxygen atoms in total. The standard InChI is InChI=1S/C23H24N4O3/c1-14-10-17(15-6-8-16(9-7-15)23(29)30)13-27(12-14)20-11-19(25-26-22(20)24)18-4-2-3-5-21(18)28/h2-9,11,14,17,28H,10,12-13H2,1H3,(H2,24,26)(H,29,30). The van der Waals surface area contributed by atoms with Crippen LogP contribution in [0.25, 0.3) is 11.3 Å². The molecule has 0 radical (unpaired) electrons. The van der Waals surface area contributed by atoms with Crippen molar-refractivity contribution in [2.24, 2.45) is 5.92 Å². The Morgan fingerprint density at radius 1 is 1.10 bits per heavy atom. The van der Waals surface area contributed by atoms with Crippen LogP contribution < -0.4 is 10.6 Å². The molecule has 1 saturated heterocycles. The third-order valence-electron chi connectivity index (χ3n) is 5.61. The molecule has 1 fully saturated rings. The van der Waals surface area contributed by atoms with E-state index < -0.39 is 5.97 Å². The minimum absolute atomic E-state index is 0.144. The second kappa shape index (κ2) is 8.02. The van der Waals surface area contributed by atoms with Crippen LogP contribution in [0.1, 0.15) is 35.2 Å². The molecule has 4 rings (SSSR count). The molecule has 3 aromatic rings. The number of para-hydroxylation sites is 1. The fraction of sp³-hybridized carbons (Fsp3) is 0.261. The first-order valence-electron chi connectivity index (χ1n) is 9.92. The number of aromatic carboxylic acids is 1. The molecule has 2 atom stereocenters. The van der Waals surface area contributed by atoms with Crippen LogP contribution in [0.4, 0.5) is 11.5 Å². The highest BCUT2D eigenvalue weighted by molar-refractivity contribution is 5.87. The van der Waals surface area contributed by atoms with E-state index in [1.807, 2.05) is 24.3 Å². The highest BCUT2D eigenvalue weighted by atomic mass is 16.4. The second-order valence-corrected chi connectivity index (χ2v) is 7.89. The summed E-state index contributed by atoms with van der Waals surface area (Å²) >= 11 is 0. The van der Waals surface area contributed by atoms with Crippen LogP contribution in [0.15, 0.2) is 54.6 Å². The Bertz CT molecular complexity index is 1070. The van der Waals surface area contributed by atoms with E-state index in [1.54, 1.807) is 30.3 Å². The molecule has 1 aliphatic heterocycles. The highest BCUT2D eigenvalue weighted by Crippen LogP contribution is 2.36. The Morgan fingerprint density at radius 2 is 1.83 bits per heavy atom. The quantitative estimate of drug-likeness (QED) is 0.607. The van der Waals surface area contributed by atoms with Crippen molar-refractivity contribution in [3.05, 3.63) is 65.7 Å². The number of hydrogen-bond donors (Lipinski definition) is 3. The second-order valence-electron chi connectivity index (χ2n) is 7.89. The number of anilines is 2. The molecule has 0 aliphatic carbocycles. The summed E-state index contributed by atoms with van der Waals surface area (Å²) in [5, 5.41) is 27.6. The van der Waals surface area contributed by atoms with Gasteiger partial charge in [-0.3, -0.25) is 0 Å². The van der Waals surface area contributed by atoms with Crippen LogP contribution in [0.3, 0.4) is 0 Å². The number of benzene rings is 2. The molecule has 0 amide bonds. The van der Waals surface area contributed by atoms with Gasteiger partial charge in [-0.15, -0.1) is 10.2 Å². The SMILES string of the molecule is CC1CC(c2ccc(C(=O)O)cc2)CN(c2cc(-c3ccccc3O)nnc2N)C1. The maximum atomic E-state index is 11.1. The molecule has 1 aromatic heterocycles. The predicted molar refractivity (Wildman–Crippen MR) is 116 cm³/mol. The first kappa shape index (κ1) is 19.7. The first-order valence-corrected chi connectivity index (χ1v) is 9.92. The predicted octanol–water partition coefficient (Wildman–Crippen LogP) is 3.76. The van der Waals surface area contributed by atoms with Crippen molar-refractivity contribution in [2.75, 3.05) is 23.7 Å². The van der Waals surface area contributed by atoms with Gasteiger partial charge in [0.05, 0.1) is 16.9 Å². The van der Waals surface area contributed by atoms with Crippen molar-refractivity contribution in [1.29, 1.82) is 0 Å². The van der Waals surface area contributed by atoms with Crippen LogP contribution in [-0.2, 0) is 0 Å². The van der Waals surface area contributed by atoms with Gasteiger partial charge in [-0.1, -0.05) is 31.2 Å².